The molecule has 0 radical (unpaired) electrons. The molecule has 142 valence electrons. The van der Waals surface area contributed by atoms with Crippen LogP contribution in [0.4, 0.5) is 5.69 Å². The fourth-order valence-corrected chi connectivity index (χ4v) is 3.17. The highest BCUT2D eigenvalue weighted by molar-refractivity contribution is 6.30. The maximum Gasteiger partial charge on any atom is 0.226 e. The Hall–Kier alpha value is -3.11. The lowest BCUT2D eigenvalue weighted by Crippen LogP contribution is -2.29. The van der Waals surface area contributed by atoms with E-state index in [0.717, 1.165) is 22.4 Å². The Labute approximate surface area is 169 Å². The summed E-state index contributed by atoms with van der Waals surface area (Å²) in [6.07, 6.45) is 0.115. The van der Waals surface area contributed by atoms with Gasteiger partial charge in [0.1, 0.15) is 0 Å². The lowest BCUT2D eigenvalue weighted by Gasteiger charge is -2.19. The van der Waals surface area contributed by atoms with Gasteiger partial charge in [0.15, 0.2) is 0 Å². The summed E-state index contributed by atoms with van der Waals surface area (Å²) in [5.41, 5.74) is 3.52. The first kappa shape index (κ1) is 19.6. The molecule has 0 saturated heterocycles. The van der Waals surface area contributed by atoms with E-state index in [1.165, 1.54) is 6.92 Å². The van der Waals surface area contributed by atoms with Gasteiger partial charge in [0.2, 0.25) is 11.8 Å². The summed E-state index contributed by atoms with van der Waals surface area (Å²) >= 11 is 5.94. The second-order valence-corrected chi connectivity index (χ2v) is 6.91. The van der Waals surface area contributed by atoms with Gasteiger partial charge >= 0.3 is 0 Å². The molecule has 1 unspecified atom stereocenters. The molecule has 2 N–H and O–H groups in total. The van der Waals surface area contributed by atoms with Crippen LogP contribution in [0, 0.1) is 0 Å². The lowest BCUT2D eigenvalue weighted by atomic mass is 10.0. The highest BCUT2D eigenvalue weighted by atomic mass is 35.5. The van der Waals surface area contributed by atoms with Crippen molar-refractivity contribution in [3.8, 4) is 11.1 Å². The molecule has 1 atom stereocenters. The van der Waals surface area contributed by atoms with Crippen molar-refractivity contribution in [2.24, 2.45) is 0 Å². The van der Waals surface area contributed by atoms with Crippen molar-refractivity contribution in [2.45, 2.75) is 19.4 Å². The van der Waals surface area contributed by atoms with E-state index in [0.29, 0.717) is 5.02 Å². The van der Waals surface area contributed by atoms with E-state index in [1.807, 2.05) is 66.7 Å². The number of carbonyl (C=O) groups is 2. The second kappa shape index (κ2) is 9.20. The van der Waals surface area contributed by atoms with Crippen LogP contribution in [0.5, 0.6) is 0 Å². The van der Waals surface area contributed by atoms with Crippen LogP contribution in [0.1, 0.15) is 24.9 Å². The van der Waals surface area contributed by atoms with Crippen LogP contribution < -0.4 is 10.6 Å². The van der Waals surface area contributed by atoms with Crippen LogP contribution in [-0.2, 0) is 9.59 Å². The van der Waals surface area contributed by atoms with Crippen LogP contribution in [0.2, 0.25) is 5.02 Å². The fraction of sp³-hybridized carbons (Fsp3) is 0.130. The van der Waals surface area contributed by atoms with Crippen molar-refractivity contribution < 1.29 is 9.59 Å². The van der Waals surface area contributed by atoms with Gasteiger partial charge in [-0.1, -0.05) is 72.3 Å². The third-order valence-corrected chi connectivity index (χ3v) is 4.58. The Bertz CT molecular complexity index is 956. The highest BCUT2D eigenvalue weighted by Crippen LogP contribution is 2.28. The molecule has 0 aliphatic rings. The molecular formula is C23H21ClN2O2. The highest BCUT2D eigenvalue weighted by Gasteiger charge is 2.18. The van der Waals surface area contributed by atoms with Gasteiger partial charge in [0, 0.05) is 23.2 Å². The first-order chi connectivity index (χ1) is 13.5. The third kappa shape index (κ3) is 5.21. The number of halogens is 1. The zero-order chi connectivity index (χ0) is 19.9. The Morgan fingerprint density at radius 1 is 0.893 bits per heavy atom. The number of benzene rings is 3. The van der Waals surface area contributed by atoms with Crippen LogP contribution in [-0.4, -0.2) is 11.8 Å². The summed E-state index contributed by atoms with van der Waals surface area (Å²) < 4.78 is 0. The third-order valence-electron chi connectivity index (χ3n) is 4.33. The lowest BCUT2D eigenvalue weighted by molar-refractivity contribution is -0.120. The Morgan fingerprint density at radius 3 is 2.21 bits per heavy atom. The topological polar surface area (TPSA) is 58.2 Å². The number of para-hydroxylation sites is 1. The van der Waals surface area contributed by atoms with E-state index in [1.54, 1.807) is 12.1 Å². The molecule has 0 spiro atoms. The predicted molar refractivity (Wildman–Crippen MR) is 113 cm³/mol. The van der Waals surface area contributed by atoms with E-state index in [9.17, 15) is 9.59 Å². The zero-order valence-corrected chi connectivity index (χ0v) is 16.2. The van der Waals surface area contributed by atoms with Gasteiger partial charge in [-0.2, -0.15) is 0 Å². The maximum absolute atomic E-state index is 12.7. The average Bonchev–Trinajstić information content (AvgIpc) is 2.69. The molecule has 3 aromatic carbocycles. The first-order valence-corrected chi connectivity index (χ1v) is 9.37. The van der Waals surface area contributed by atoms with Gasteiger partial charge in [0.05, 0.1) is 12.5 Å². The Morgan fingerprint density at radius 2 is 1.54 bits per heavy atom. The van der Waals surface area contributed by atoms with E-state index >= 15 is 0 Å². The minimum atomic E-state index is -0.432. The number of hydrogen-bond acceptors (Lipinski definition) is 2. The number of anilines is 1. The molecule has 0 aliphatic carbocycles. The van der Waals surface area contributed by atoms with Crippen LogP contribution in [0.15, 0.2) is 78.9 Å². The minimum Gasteiger partial charge on any atom is -0.349 e. The van der Waals surface area contributed by atoms with Gasteiger partial charge in [-0.3, -0.25) is 9.59 Å². The number of hydrogen-bond donors (Lipinski definition) is 2. The molecule has 3 rings (SSSR count). The number of rotatable bonds is 6. The summed E-state index contributed by atoms with van der Waals surface area (Å²) in [6.45, 7) is 1.44. The number of carbonyl (C=O) groups excluding carboxylic acids is 2. The first-order valence-electron chi connectivity index (χ1n) is 9.00. The molecule has 0 aliphatic heterocycles. The van der Waals surface area contributed by atoms with Crippen molar-refractivity contribution >= 4 is 29.1 Å². The fourth-order valence-electron chi connectivity index (χ4n) is 3.04. The number of amides is 2. The van der Waals surface area contributed by atoms with Gasteiger partial charge < -0.3 is 10.6 Å². The molecule has 0 saturated carbocycles. The molecule has 0 aromatic heterocycles. The molecule has 5 heteroatoms. The van der Waals surface area contributed by atoms with E-state index < -0.39 is 6.04 Å². The summed E-state index contributed by atoms with van der Waals surface area (Å²) in [7, 11) is 0. The van der Waals surface area contributed by atoms with Gasteiger partial charge in [-0.05, 0) is 29.3 Å². The monoisotopic (exact) mass is 392 g/mol. The molecule has 3 aromatic rings. The second-order valence-electron chi connectivity index (χ2n) is 6.47. The standard InChI is InChI=1S/C23H21ClN2O2/c1-16(27)25-22(18-11-13-19(24)14-12-18)15-23(28)26-21-10-6-5-9-20(21)17-7-3-2-4-8-17/h2-14,22H,15H2,1H3,(H,25,27)(H,26,28). The summed E-state index contributed by atoms with van der Waals surface area (Å²) in [6, 6.07) is 24.2. The van der Waals surface area contributed by atoms with Crippen molar-refractivity contribution in [3.63, 3.8) is 0 Å². The van der Waals surface area contributed by atoms with Crippen LogP contribution >= 0.6 is 11.6 Å². The van der Waals surface area contributed by atoms with E-state index in [4.69, 9.17) is 11.6 Å². The Balaban J connectivity index is 1.78. The summed E-state index contributed by atoms with van der Waals surface area (Å²) in [5.74, 6) is -0.380. The maximum atomic E-state index is 12.7. The quantitative estimate of drug-likeness (QED) is 0.604. The van der Waals surface area contributed by atoms with Gasteiger partial charge in [-0.25, -0.2) is 0 Å². The minimum absolute atomic E-state index is 0.115. The molecule has 0 bridgehead atoms. The van der Waals surface area contributed by atoms with Gasteiger partial charge in [-0.15, -0.1) is 0 Å². The van der Waals surface area contributed by atoms with Gasteiger partial charge in [0.25, 0.3) is 0 Å². The summed E-state index contributed by atoms with van der Waals surface area (Å²) in [4.78, 5) is 24.3. The Kier molecular flexibility index (Phi) is 6.45. The van der Waals surface area contributed by atoms with Crippen LogP contribution in [0.3, 0.4) is 0 Å². The SMILES string of the molecule is CC(=O)NC(CC(=O)Nc1ccccc1-c1ccccc1)c1ccc(Cl)cc1. The van der Waals surface area contributed by atoms with Crippen molar-refractivity contribution in [1.29, 1.82) is 0 Å². The number of nitrogens with one attached hydrogen (secondary N) is 2. The normalized spacial score (nSPS) is 11.5. The smallest absolute Gasteiger partial charge is 0.226 e. The molecule has 0 heterocycles. The van der Waals surface area contributed by atoms with Crippen molar-refractivity contribution in [2.75, 3.05) is 5.32 Å². The zero-order valence-electron chi connectivity index (χ0n) is 15.5. The van der Waals surface area contributed by atoms with Crippen LogP contribution in [0.25, 0.3) is 11.1 Å². The predicted octanol–water partition coefficient (Wildman–Crippen LogP) is 5.21. The average molecular weight is 393 g/mol. The molecule has 0 fully saturated rings. The summed E-state index contributed by atoms with van der Waals surface area (Å²) in [5, 5.41) is 6.42. The van der Waals surface area contributed by atoms with E-state index in [2.05, 4.69) is 10.6 Å². The molecule has 4 nitrogen and oxygen atoms in total. The largest absolute Gasteiger partial charge is 0.349 e. The van der Waals surface area contributed by atoms with Crippen molar-refractivity contribution in [1.82, 2.24) is 5.32 Å². The molecular weight excluding hydrogens is 372 g/mol. The van der Waals surface area contributed by atoms with Crippen molar-refractivity contribution in [3.05, 3.63) is 89.4 Å². The molecule has 28 heavy (non-hydrogen) atoms. The van der Waals surface area contributed by atoms with E-state index in [-0.39, 0.29) is 18.2 Å². The molecule has 2 amide bonds.